The molecule has 1 aliphatic heterocycles. The lowest BCUT2D eigenvalue weighted by Crippen LogP contribution is -2.27. The second-order valence-electron chi connectivity index (χ2n) is 2.59. The van der Waals surface area contributed by atoms with E-state index >= 15 is 0 Å². The average molecular weight is 130 g/mol. The quantitative estimate of drug-likeness (QED) is 0.483. The van der Waals surface area contributed by atoms with Gasteiger partial charge in [-0.1, -0.05) is 30.7 Å². The first-order valence-electron chi connectivity index (χ1n) is 3.43. The van der Waals surface area contributed by atoms with Gasteiger partial charge in [-0.15, -0.1) is 0 Å². The molecule has 0 nitrogen and oxygen atoms in total. The van der Waals surface area contributed by atoms with Crippen molar-refractivity contribution in [3.05, 3.63) is 0 Å². The van der Waals surface area contributed by atoms with Crippen molar-refractivity contribution in [1.82, 2.24) is 0 Å². The van der Waals surface area contributed by atoms with Crippen LogP contribution in [0, 0.1) is 0 Å². The third kappa shape index (κ3) is 1.42. The SMILES string of the molecule is CCC[SiH]1C[SiH2]C1. The number of hydrogen-bond donors (Lipinski definition) is 0. The molecule has 0 N–H and O–H groups in total. The predicted molar refractivity (Wildman–Crippen MR) is 40.4 cm³/mol. The van der Waals surface area contributed by atoms with E-state index in [-0.39, 0.29) is 8.80 Å². The molecule has 2 heteroatoms. The Morgan fingerprint density at radius 2 is 2.29 bits per heavy atom. The molecule has 1 fully saturated rings. The Morgan fingerprint density at radius 3 is 2.43 bits per heavy atom. The molecule has 0 aromatic heterocycles. The van der Waals surface area contributed by atoms with Crippen molar-refractivity contribution in [2.24, 2.45) is 0 Å². The van der Waals surface area contributed by atoms with Gasteiger partial charge < -0.3 is 0 Å². The molecule has 0 amide bonds. The van der Waals surface area contributed by atoms with Crippen LogP contribution in [-0.2, 0) is 0 Å². The zero-order valence-corrected chi connectivity index (χ0v) is 7.68. The van der Waals surface area contributed by atoms with E-state index in [0.717, 1.165) is 0 Å². The van der Waals surface area contributed by atoms with E-state index in [1.165, 1.54) is 6.42 Å². The van der Waals surface area contributed by atoms with Crippen molar-refractivity contribution < 1.29 is 0 Å². The number of rotatable bonds is 2. The molecule has 0 radical (unpaired) electrons. The van der Waals surface area contributed by atoms with E-state index in [4.69, 9.17) is 0 Å². The Kier molecular flexibility index (Phi) is 2.12. The van der Waals surface area contributed by atoms with Crippen molar-refractivity contribution in [2.45, 2.75) is 30.7 Å². The summed E-state index contributed by atoms with van der Waals surface area (Å²) in [5.74, 6) is 0. The highest BCUT2D eigenvalue weighted by molar-refractivity contribution is 6.86. The van der Waals surface area contributed by atoms with Gasteiger partial charge in [-0.25, -0.2) is 0 Å². The maximum atomic E-state index is 2.33. The van der Waals surface area contributed by atoms with E-state index in [1.807, 2.05) is 0 Å². The minimum atomic E-state index is 0.0610. The van der Waals surface area contributed by atoms with Crippen LogP contribution in [0.2, 0.25) is 17.4 Å². The summed E-state index contributed by atoms with van der Waals surface area (Å²) < 4.78 is 0. The third-order valence-corrected chi connectivity index (χ3v) is 13.1. The van der Waals surface area contributed by atoms with E-state index in [1.54, 1.807) is 17.4 Å². The van der Waals surface area contributed by atoms with E-state index < -0.39 is 0 Å². The van der Waals surface area contributed by atoms with Crippen molar-refractivity contribution >= 4 is 18.3 Å². The van der Waals surface area contributed by atoms with E-state index in [0.29, 0.717) is 9.52 Å². The highest BCUT2D eigenvalue weighted by atomic mass is 28.4. The van der Waals surface area contributed by atoms with Gasteiger partial charge in [0, 0.05) is 18.3 Å². The van der Waals surface area contributed by atoms with Crippen LogP contribution in [0.5, 0.6) is 0 Å². The van der Waals surface area contributed by atoms with Crippen molar-refractivity contribution in [2.75, 3.05) is 0 Å². The fourth-order valence-corrected chi connectivity index (χ4v) is 8.26. The molecule has 1 saturated heterocycles. The van der Waals surface area contributed by atoms with Gasteiger partial charge in [-0.3, -0.25) is 0 Å². The van der Waals surface area contributed by atoms with Crippen LogP contribution in [0.25, 0.3) is 0 Å². The monoisotopic (exact) mass is 130 g/mol. The topological polar surface area (TPSA) is 0 Å². The highest BCUT2D eigenvalue weighted by Crippen LogP contribution is 2.15. The Labute approximate surface area is 49.7 Å². The van der Waals surface area contributed by atoms with Gasteiger partial charge in [0.15, 0.2) is 0 Å². The summed E-state index contributed by atoms with van der Waals surface area (Å²) in [6.45, 7) is 2.33. The van der Waals surface area contributed by atoms with Gasteiger partial charge >= 0.3 is 0 Å². The summed E-state index contributed by atoms with van der Waals surface area (Å²) in [7, 11) is 0.660. The molecule has 0 unspecified atom stereocenters. The third-order valence-electron chi connectivity index (χ3n) is 1.92. The first kappa shape index (κ1) is 5.57. The molecule has 42 valence electrons. The maximum absolute atomic E-state index is 2.33. The Balaban J connectivity index is 1.93. The van der Waals surface area contributed by atoms with Crippen LogP contribution in [0.15, 0.2) is 0 Å². The predicted octanol–water partition coefficient (Wildman–Crippen LogP) is 0.721. The molecule has 0 aliphatic carbocycles. The van der Waals surface area contributed by atoms with Crippen LogP contribution in [0.1, 0.15) is 13.3 Å². The molecule has 0 bridgehead atoms. The highest BCUT2D eigenvalue weighted by Gasteiger charge is 2.17. The van der Waals surface area contributed by atoms with Crippen molar-refractivity contribution in [3.63, 3.8) is 0 Å². The lowest BCUT2D eigenvalue weighted by molar-refractivity contribution is 1.05. The van der Waals surface area contributed by atoms with Crippen LogP contribution in [0.3, 0.4) is 0 Å². The lowest BCUT2D eigenvalue weighted by Gasteiger charge is -2.21. The van der Waals surface area contributed by atoms with Gasteiger partial charge in [0.05, 0.1) is 0 Å². The smallest absolute Gasteiger partial charge is 0.0304 e. The molecule has 0 aromatic carbocycles. The molecule has 0 spiro atoms. The standard InChI is InChI=1S/C5H14Si2/c1-2-3-7-4-6-5-7/h7H,2-6H2,1H3. The minimum absolute atomic E-state index is 0.0610. The fraction of sp³-hybridized carbons (Fsp3) is 1.00. The molecule has 0 saturated carbocycles. The van der Waals surface area contributed by atoms with Gasteiger partial charge in [0.25, 0.3) is 0 Å². The largest absolute Gasteiger partial charge is 0.0697 e. The Bertz CT molecular complexity index is 50.0. The van der Waals surface area contributed by atoms with Gasteiger partial charge in [-0.05, 0) is 0 Å². The maximum Gasteiger partial charge on any atom is 0.0304 e. The number of hydrogen-bond acceptors (Lipinski definition) is 0. The summed E-state index contributed by atoms with van der Waals surface area (Å²) in [6.07, 6.45) is 1.48. The molecular formula is C5H14Si2. The summed E-state index contributed by atoms with van der Waals surface area (Å²) >= 11 is 0. The second kappa shape index (κ2) is 2.67. The normalized spacial score (nSPS) is 33.0. The van der Waals surface area contributed by atoms with Gasteiger partial charge in [-0.2, -0.15) is 0 Å². The fourth-order valence-electron chi connectivity index (χ4n) is 1.19. The Hall–Kier alpha value is 0.434. The average Bonchev–Trinajstić information content (AvgIpc) is 1.55. The molecule has 1 rings (SSSR count). The first-order valence-corrected chi connectivity index (χ1v) is 7.88. The molecule has 0 aromatic rings. The van der Waals surface area contributed by atoms with Crippen LogP contribution < -0.4 is 0 Å². The van der Waals surface area contributed by atoms with Crippen LogP contribution in [-0.4, -0.2) is 18.3 Å². The van der Waals surface area contributed by atoms with Crippen molar-refractivity contribution in [1.29, 1.82) is 0 Å². The Morgan fingerprint density at radius 1 is 1.57 bits per heavy atom. The van der Waals surface area contributed by atoms with Gasteiger partial charge in [0.2, 0.25) is 0 Å². The van der Waals surface area contributed by atoms with Crippen LogP contribution in [0.4, 0.5) is 0 Å². The minimum Gasteiger partial charge on any atom is -0.0697 e. The summed E-state index contributed by atoms with van der Waals surface area (Å²) in [4.78, 5) is 0. The first-order chi connectivity index (χ1) is 3.43. The zero-order chi connectivity index (χ0) is 5.11. The molecule has 1 heterocycles. The molecular weight excluding hydrogens is 116 g/mol. The lowest BCUT2D eigenvalue weighted by atomic mass is 10.6. The second-order valence-corrected chi connectivity index (χ2v) is 10.2. The van der Waals surface area contributed by atoms with Gasteiger partial charge in [0.1, 0.15) is 0 Å². The van der Waals surface area contributed by atoms with Crippen LogP contribution >= 0.6 is 0 Å². The summed E-state index contributed by atoms with van der Waals surface area (Å²) in [6, 6.07) is 1.66. The summed E-state index contributed by atoms with van der Waals surface area (Å²) in [5, 5.41) is 0. The zero-order valence-electron chi connectivity index (χ0n) is 5.11. The van der Waals surface area contributed by atoms with E-state index in [2.05, 4.69) is 6.92 Å². The summed E-state index contributed by atoms with van der Waals surface area (Å²) in [5.41, 5.74) is 3.60. The van der Waals surface area contributed by atoms with Crippen molar-refractivity contribution in [3.8, 4) is 0 Å². The molecule has 7 heavy (non-hydrogen) atoms. The molecule has 0 atom stereocenters. The molecule has 1 aliphatic rings. The van der Waals surface area contributed by atoms with E-state index in [9.17, 15) is 0 Å².